The van der Waals surface area contributed by atoms with Crippen molar-refractivity contribution in [3.8, 4) is 0 Å². The van der Waals surface area contributed by atoms with Gasteiger partial charge in [0.2, 0.25) is 0 Å². The van der Waals surface area contributed by atoms with Crippen molar-refractivity contribution >= 4 is 51.6 Å². The lowest BCUT2D eigenvalue weighted by Crippen LogP contribution is -2.28. The number of nitrogens with two attached hydrogens (primary N) is 1. The SMILES string of the molecule is Nc1ccc(C(=O)NCCNc2n[nH]c3ncnc(Nc4cccc(Cl)c4)c23)cc1. The molecule has 0 saturated heterocycles. The van der Waals surface area contributed by atoms with E-state index in [0.717, 1.165) is 5.69 Å². The number of hydrogen-bond acceptors (Lipinski definition) is 7. The lowest BCUT2D eigenvalue weighted by atomic mass is 10.2. The number of H-pyrrole nitrogens is 1. The van der Waals surface area contributed by atoms with Crippen LogP contribution in [-0.4, -0.2) is 39.2 Å². The summed E-state index contributed by atoms with van der Waals surface area (Å²) in [6.07, 6.45) is 1.45. The third kappa shape index (κ3) is 4.41. The van der Waals surface area contributed by atoms with Gasteiger partial charge in [0.25, 0.3) is 5.91 Å². The largest absolute Gasteiger partial charge is 0.399 e. The second-order valence-electron chi connectivity index (χ2n) is 6.46. The number of aromatic nitrogens is 4. The van der Waals surface area contributed by atoms with Crippen LogP contribution in [0.15, 0.2) is 54.9 Å². The highest BCUT2D eigenvalue weighted by molar-refractivity contribution is 6.30. The predicted octanol–water partition coefficient (Wildman–Crippen LogP) is 3.17. The van der Waals surface area contributed by atoms with Gasteiger partial charge in [-0.05, 0) is 42.5 Å². The molecule has 0 radical (unpaired) electrons. The van der Waals surface area contributed by atoms with Gasteiger partial charge in [-0.3, -0.25) is 9.89 Å². The molecule has 10 heteroatoms. The Hall–Kier alpha value is -3.85. The molecule has 0 aliphatic heterocycles. The van der Waals surface area contributed by atoms with E-state index in [1.807, 2.05) is 12.1 Å². The number of fused-ring (bicyclic) bond motifs is 1. The summed E-state index contributed by atoms with van der Waals surface area (Å²) in [4.78, 5) is 20.7. The van der Waals surface area contributed by atoms with Crippen LogP contribution in [0.2, 0.25) is 5.02 Å². The minimum Gasteiger partial charge on any atom is -0.399 e. The van der Waals surface area contributed by atoms with Gasteiger partial charge in [-0.1, -0.05) is 17.7 Å². The number of anilines is 4. The number of rotatable bonds is 7. The third-order valence-corrected chi connectivity index (χ3v) is 4.56. The van der Waals surface area contributed by atoms with Crippen molar-refractivity contribution in [2.45, 2.75) is 0 Å². The number of nitrogens with one attached hydrogen (secondary N) is 4. The highest BCUT2D eigenvalue weighted by Gasteiger charge is 2.13. The third-order valence-electron chi connectivity index (χ3n) is 4.32. The van der Waals surface area contributed by atoms with Crippen LogP contribution in [0.3, 0.4) is 0 Å². The van der Waals surface area contributed by atoms with Crippen LogP contribution in [0.4, 0.5) is 23.0 Å². The molecule has 2 aromatic carbocycles. The Morgan fingerprint density at radius 3 is 2.70 bits per heavy atom. The van der Waals surface area contributed by atoms with Crippen LogP contribution >= 0.6 is 11.6 Å². The zero-order chi connectivity index (χ0) is 20.9. The van der Waals surface area contributed by atoms with Crippen LogP contribution in [0.25, 0.3) is 11.0 Å². The van der Waals surface area contributed by atoms with Crippen molar-refractivity contribution in [2.24, 2.45) is 0 Å². The molecule has 9 nitrogen and oxygen atoms in total. The van der Waals surface area contributed by atoms with Gasteiger partial charge >= 0.3 is 0 Å². The first-order valence-electron chi connectivity index (χ1n) is 9.19. The number of amides is 1. The summed E-state index contributed by atoms with van der Waals surface area (Å²) in [6, 6.07) is 14.1. The van der Waals surface area contributed by atoms with Gasteiger partial charge in [-0.2, -0.15) is 5.10 Å². The van der Waals surface area contributed by atoms with E-state index in [9.17, 15) is 4.79 Å². The number of aromatic amines is 1. The highest BCUT2D eigenvalue weighted by Crippen LogP contribution is 2.28. The molecule has 30 heavy (non-hydrogen) atoms. The summed E-state index contributed by atoms with van der Waals surface area (Å²) in [5.41, 5.74) is 8.19. The Bertz CT molecular complexity index is 1180. The van der Waals surface area contributed by atoms with Gasteiger partial charge in [-0.15, -0.1) is 0 Å². The van der Waals surface area contributed by atoms with E-state index in [4.69, 9.17) is 17.3 Å². The van der Waals surface area contributed by atoms with Crippen LogP contribution in [0.1, 0.15) is 10.4 Å². The first kappa shape index (κ1) is 19.5. The quantitative estimate of drug-likeness (QED) is 0.228. The van der Waals surface area contributed by atoms with E-state index < -0.39 is 0 Å². The maximum atomic E-state index is 12.2. The van der Waals surface area contributed by atoms with E-state index in [0.29, 0.717) is 52.0 Å². The second-order valence-corrected chi connectivity index (χ2v) is 6.89. The monoisotopic (exact) mass is 422 g/mol. The van der Waals surface area contributed by atoms with Crippen molar-refractivity contribution in [3.63, 3.8) is 0 Å². The standard InChI is InChI=1S/C20H19ClN8O/c21-13-2-1-3-15(10-13)27-17-16-18(28-29-19(16)26-11-25-17)23-8-9-24-20(30)12-4-6-14(22)7-5-12/h1-7,10-11H,8-9,22H2,(H,24,30)(H3,23,25,26,27,28,29). The zero-order valence-electron chi connectivity index (χ0n) is 15.8. The summed E-state index contributed by atoms with van der Waals surface area (Å²) in [5.74, 6) is 0.997. The fourth-order valence-corrected chi connectivity index (χ4v) is 3.07. The topological polar surface area (TPSA) is 134 Å². The molecule has 0 aliphatic rings. The molecule has 0 fully saturated rings. The number of carbonyl (C=O) groups is 1. The van der Waals surface area contributed by atoms with E-state index in [-0.39, 0.29) is 5.91 Å². The van der Waals surface area contributed by atoms with Gasteiger partial charge in [0, 0.05) is 35.1 Å². The summed E-state index contributed by atoms with van der Waals surface area (Å²) in [6.45, 7) is 0.870. The lowest BCUT2D eigenvalue weighted by Gasteiger charge is -2.09. The average Bonchev–Trinajstić information content (AvgIpc) is 3.16. The number of nitrogen functional groups attached to an aromatic ring is 1. The van der Waals surface area contributed by atoms with E-state index in [1.54, 1.807) is 36.4 Å². The average molecular weight is 423 g/mol. The summed E-state index contributed by atoms with van der Waals surface area (Å²) >= 11 is 6.06. The van der Waals surface area contributed by atoms with Crippen molar-refractivity contribution in [1.29, 1.82) is 0 Å². The molecule has 2 heterocycles. The van der Waals surface area contributed by atoms with Crippen LogP contribution in [0, 0.1) is 0 Å². The van der Waals surface area contributed by atoms with E-state index >= 15 is 0 Å². The number of halogens is 1. The molecule has 152 valence electrons. The van der Waals surface area contributed by atoms with Gasteiger partial charge < -0.3 is 21.7 Å². The number of hydrogen-bond donors (Lipinski definition) is 5. The minimum atomic E-state index is -0.171. The molecule has 4 aromatic rings. The molecule has 0 unspecified atom stereocenters. The highest BCUT2D eigenvalue weighted by atomic mass is 35.5. The minimum absolute atomic E-state index is 0.171. The van der Waals surface area contributed by atoms with Crippen LogP contribution < -0.4 is 21.7 Å². The summed E-state index contributed by atoms with van der Waals surface area (Å²) in [7, 11) is 0. The van der Waals surface area contributed by atoms with Crippen LogP contribution in [0.5, 0.6) is 0 Å². The molecule has 0 saturated carbocycles. The molecule has 0 aliphatic carbocycles. The molecule has 6 N–H and O–H groups in total. The van der Waals surface area contributed by atoms with Gasteiger partial charge in [0.05, 0.1) is 0 Å². The number of carbonyl (C=O) groups excluding carboxylic acids is 1. The molecule has 0 bridgehead atoms. The van der Waals surface area contributed by atoms with E-state index in [1.165, 1.54) is 6.33 Å². The van der Waals surface area contributed by atoms with Gasteiger partial charge in [-0.25, -0.2) is 9.97 Å². The van der Waals surface area contributed by atoms with Gasteiger partial charge in [0.1, 0.15) is 17.5 Å². The molecular formula is C20H19ClN8O. The normalized spacial score (nSPS) is 10.7. The number of benzene rings is 2. The first-order chi connectivity index (χ1) is 14.6. The zero-order valence-corrected chi connectivity index (χ0v) is 16.6. The Morgan fingerprint density at radius 1 is 1.07 bits per heavy atom. The summed E-state index contributed by atoms with van der Waals surface area (Å²) in [5, 5.41) is 17.8. The van der Waals surface area contributed by atoms with Crippen molar-refractivity contribution in [1.82, 2.24) is 25.5 Å². The number of nitrogens with zero attached hydrogens (tertiary/aromatic N) is 3. The molecular weight excluding hydrogens is 404 g/mol. The smallest absolute Gasteiger partial charge is 0.251 e. The lowest BCUT2D eigenvalue weighted by molar-refractivity contribution is 0.0955. The fraction of sp³-hybridized carbons (Fsp3) is 0.100. The van der Waals surface area contributed by atoms with Crippen molar-refractivity contribution in [3.05, 3.63) is 65.4 Å². The maximum Gasteiger partial charge on any atom is 0.251 e. The molecule has 1 amide bonds. The molecule has 0 spiro atoms. The predicted molar refractivity (Wildman–Crippen MR) is 118 cm³/mol. The van der Waals surface area contributed by atoms with E-state index in [2.05, 4.69) is 36.1 Å². The molecule has 2 aromatic heterocycles. The first-order valence-corrected chi connectivity index (χ1v) is 9.57. The Kier molecular flexibility index (Phi) is 5.62. The van der Waals surface area contributed by atoms with Crippen LogP contribution in [-0.2, 0) is 0 Å². The molecule has 4 rings (SSSR count). The Morgan fingerprint density at radius 2 is 1.90 bits per heavy atom. The summed E-state index contributed by atoms with van der Waals surface area (Å²) < 4.78 is 0. The second kappa shape index (κ2) is 8.66. The molecule has 0 atom stereocenters. The Labute approximate surface area is 177 Å². The van der Waals surface area contributed by atoms with Crippen molar-refractivity contribution < 1.29 is 4.79 Å². The fourth-order valence-electron chi connectivity index (χ4n) is 2.88. The maximum absolute atomic E-state index is 12.2. The van der Waals surface area contributed by atoms with Gasteiger partial charge in [0.15, 0.2) is 11.5 Å². The van der Waals surface area contributed by atoms with Crippen molar-refractivity contribution in [2.75, 3.05) is 29.5 Å². The Balaban J connectivity index is 1.42.